The van der Waals surface area contributed by atoms with Crippen molar-refractivity contribution in [2.24, 2.45) is 5.92 Å². The van der Waals surface area contributed by atoms with E-state index in [0.29, 0.717) is 6.54 Å². The topological polar surface area (TPSA) is 70.0 Å². The van der Waals surface area contributed by atoms with Crippen LogP contribution in [0.1, 0.15) is 0 Å². The number of aliphatic hydroxyl groups is 2. The van der Waals surface area contributed by atoms with Gasteiger partial charge in [0.05, 0.1) is 26.1 Å². The molecular weight excluding hydrogens is 298 g/mol. The number of amides is 1. The second kappa shape index (κ2) is 4.64. The van der Waals surface area contributed by atoms with Crippen LogP contribution in [0.15, 0.2) is 30.3 Å². The van der Waals surface area contributed by atoms with Gasteiger partial charge in [-0.15, -0.1) is 0 Å². The minimum absolute atomic E-state index is 0.164. The summed E-state index contributed by atoms with van der Waals surface area (Å²) in [5.41, 5.74) is 0.232. The Morgan fingerprint density at radius 2 is 1.91 bits per heavy atom. The molecule has 2 N–H and O–H groups in total. The molecule has 1 amide bonds. The van der Waals surface area contributed by atoms with E-state index >= 15 is 0 Å². The molecule has 0 radical (unpaired) electrons. The zero-order valence-corrected chi connectivity index (χ0v) is 13.7. The molecular formula is C16H21NO4Si. The van der Waals surface area contributed by atoms with Gasteiger partial charge in [0, 0.05) is 12.1 Å². The van der Waals surface area contributed by atoms with Gasteiger partial charge in [0.1, 0.15) is 6.10 Å². The van der Waals surface area contributed by atoms with Crippen LogP contribution in [0.2, 0.25) is 18.6 Å². The van der Waals surface area contributed by atoms with Crippen LogP contribution in [0, 0.1) is 5.92 Å². The van der Waals surface area contributed by atoms with Gasteiger partial charge in [0.25, 0.3) is 5.91 Å². The first-order valence-corrected chi connectivity index (χ1v) is 10.9. The number of carbonyl (C=O) groups is 1. The summed E-state index contributed by atoms with van der Waals surface area (Å²) in [5.74, 6) is -0.745. The first kappa shape index (κ1) is 14.4. The van der Waals surface area contributed by atoms with E-state index < -0.39 is 26.4 Å². The largest absolute Gasteiger partial charge is 0.383 e. The zero-order chi connectivity index (χ0) is 15.6. The normalized spacial score (nSPS) is 40.4. The van der Waals surface area contributed by atoms with Gasteiger partial charge in [0.15, 0.2) is 6.29 Å². The summed E-state index contributed by atoms with van der Waals surface area (Å²) in [6.07, 6.45) is -2.32. The van der Waals surface area contributed by atoms with Crippen LogP contribution in [0.5, 0.6) is 0 Å². The molecule has 0 spiro atoms. The Morgan fingerprint density at radius 1 is 1.23 bits per heavy atom. The Kier molecular flexibility index (Phi) is 3.04. The van der Waals surface area contributed by atoms with Crippen LogP contribution in [-0.2, 0) is 9.53 Å². The molecule has 6 atom stereocenters. The molecule has 0 unspecified atom stereocenters. The Hall–Kier alpha value is -1.21. The number of aliphatic hydroxyl groups excluding tert-OH is 2. The lowest BCUT2D eigenvalue weighted by Gasteiger charge is -2.33. The van der Waals surface area contributed by atoms with Gasteiger partial charge in [-0.1, -0.05) is 48.6 Å². The predicted molar refractivity (Wildman–Crippen MR) is 83.2 cm³/mol. The fraction of sp³-hybridized carbons (Fsp3) is 0.562. The monoisotopic (exact) mass is 319 g/mol. The van der Waals surface area contributed by atoms with Gasteiger partial charge in [-0.3, -0.25) is 4.79 Å². The molecule has 0 bridgehead atoms. The number of rotatable bonds is 2. The molecule has 118 valence electrons. The summed E-state index contributed by atoms with van der Waals surface area (Å²) < 4.78 is 5.79. The van der Waals surface area contributed by atoms with E-state index in [1.54, 1.807) is 4.90 Å². The van der Waals surface area contributed by atoms with Crippen molar-refractivity contribution in [1.29, 1.82) is 0 Å². The van der Waals surface area contributed by atoms with E-state index in [1.165, 1.54) is 5.19 Å². The second-order valence-electron chi connectivity index (χ2n) is 7.19. The second-order valence-corrected chi connectivity index (χ2v) is 12.0. The summed E-state index contributed by atoms with van der Waals surface area (Å²) in [5, 5.41) is 21.5. The predicted octanol–water partition coefficient (Wildman–Crippen LogP) is -0.109. The number of nitrogens with zero attached hydrogens (tertiary/aromatic N) is 1. The van der Waals surface area contributed by atoms with Crippen LogP contribution in [0.3, 0.4) is 0 Å². The Labute approximate surface area is 130 Å². The van der Waals surface area contributed by atoms with Crippen molar-refractivity contribution in [3.8, 4) is 0 Å². The van der Waals surface area contributed by atoms with Crippen LogP contribution in [0.4, 0.5) is 0 Å². The van der Waals surface area contributed by atoms with Crippen LogP contribution in [-0.4, -0.2) is 60.2 Å². The van der Waals surface area contributed by atoms with Crippen molar-refractivity contribution in [1.82, 2.24) is 4.90 Å². The number of carbonyl (C=O) groups excluding carboxylic acids is 1. The average Bonchev–Trinajstić information content (AvgIpc) is 3.10. The highest BCUT2D eigenvalue weighted by atomic mass is 28.3. The van der Waals surface area contributed by atoms with E-state index in [-0.39, 0.29) is 23.6 Å². The fourth-order valence-corrected chi connectivity index (χ4v) is 7.74. The van der Waals surface area contributed by atoms with Crippen molar-refractivity contribution < 1.29 is 19.7 Å². The highest BCUT2D eigenvalue weighted by Gasteiger charge is 2.66. The number of benzene rings is 1. The van der Waals surface area contributed by atoms with Gasteiger partial charge < -0.3 is 19.8 Å². The van der Waals surface area contributed by atoms with E-state index in [1.807, 2.05) is 18.2 Å². The molecule has 0 saturated carbocycles. The minimum Gasteiger partial charge on any atom is -0.383 e. The molecule has 3 heterocycles. The lowest BCUT2D eigenvalue weighted by molar-refractivity contribution is -0.146. The van der Waals surface area contributed by atoms with Gasteiger partial charge in [-0.05, 0) is 0 Å². The number of hydrogen-bond acceptors (Lipinski definition) is 4. The standard InChI is InChI=1S/C16H21NO4Si/c1-22(2,9-6-4-3-5-7-9)10-8-17-12-11(13(18)15(17)19)16(20)21-14(10)12/h3-7,10-14,16,18,20H,8H2,1-2H3/t10-,11-,12-,13-,14-,16+/m1/s1. The molecule has 3 aliphatic heterocycles. The first-order valence-electron chi connectivity index (χ1n) is 7.80. The maximum atomic E-state index is 12.3. The summed E-state index contributed by atoms with van der Waals surface area (Å²) in [6.45, 7) is 5.21. The fourth-order valence-electron chi connectivity index (χ4n) is 4.51. The van der Waals surface area contributed by atoms with E-state index in [4.69, 9.17) is 4.74 Å². The Morgan fingerprint density at radius 3 is 2.59 bits per heavy atom. The zero-order valence-electron chi connectivity index (χ0n) is 12.7. The van der Waals surface area contributed by atoms with Crippen molar-refractivity contribution >= 4 is 19.2 Å². The third-order valence-corrected chi connectivity index (χ3v) is 10.0. The molecule has 22 heavy (non-hydrogen) atoms. The van der Waals surface area contributed by atoms with Crippen molar-refractivity contribution in [2.75, 3.05) is 6.54 Å². The van der Waals surface area contributed by atoms with Gasteiger partial charge in [-0.2, -0.15) is 0 Å². The SMILES string of the molecule is C[Si](C)(c1ccccc1)[C@@H]1CN2C(=O)[C@H](O)[C@H]3[C@@H]2[C@@H]1O[C@@H]3O. The maximum Gasteiger partial charge on any atom is 0.252 e. The quantitative estimate of drug-likeness (QED) is 0.747. The van der Waals surface area contributed by atoms with E-state index in [0.717, 1.165) is 0 Å². The molecule has 1 aromatic carbocycles. The highest BCUT2D eigenvalue weighted by Crippen LogP contribution is 2.50. The third kappa shape index (κ3) is 1.72. The molecule has 6 heteroatoms. The van der Waals surface area contributed by atoms with Crippen LogP contribution in [0.25, 0.3) is 0 Å². The molecule has 0 aromatic heterocycles. The summed E-state index contributed by atoms with van der Waals surface area (Å²) in [6, 6.07) is 10.2. The van der Waals surface area contributed by atoms with Gasteiger partial charge in [-0.25, -0.2) is 0 Å². The van der Waals surface area contributed by atoms with Crippen LogP contribution < -0.4 is 5.19 Å². The average molecular weight is 319 g/mol. The summed E-state index contributed by atoms with van der Waals surface area (Å²) in [7, 11) is -1.86. The smallest absolute Gasteiger partial charge is 0.252 e. The highest BCUT2D eigenvalue weighted by molar-refractivity contribution is 6.91. The van der Waals surface area contributed by atoms with Gasteiger partial charge >= 0.3 is 0 Å². The van der Waals surface area contributed by atoms with Gasteiger partial charge in [0.2, 0.25) is 0 Å². The molecule has 5 nitrogen and oxygen atoms in total. The molecule has 3 fully saturated rings. The molecule has 3 saturated heterocycles. The lowest BCUT2D eigenvalue weighted by atomic mass is 9.97. The van der Waals surface area contributed by atoms with Crippen molar-refractivity contribution in [2.45, 2.75) is 43.2 Å². The van der Waals surface area contributed by atoms with Crippen molar-refractivity contribution in [3.63, 3.8) is 0 Å². The Balaban J connectivity index is 1.70. The summed E-state index contributed by atoms with van der Waals surface area (Å²) in [4.78, 5) is 14.0. The Bertz CT molecular complexity index is 607. The third-order valence-electron chi connectivity index (χ3n) is 5.85. The molecule has 1 aromatic rings. The van der Waals surface area contributed by atoms with Crippen molar-refractivity contribution in [3.05, 3.63) is 30.3 Å². The molecule has 4 rings (SSSR count). The number of ether oxygens (including phenoxy) is 1. The molecule has 0 aliphatic carbocycles. The number of hydrogen-bond donors (Lipinski definition) is 2. The van der Waals surface area contributed by atoms with E-state index in [9.17, 15) is 15.0 Å². The van der Waals surface area contributed by atoms with E-state index in [2.05, 4.69) is 25.2 Å². The first-order chi connectivity index (χ1) is 10.4. The maximum absolute atomic E-state index is 12.3. The summed E-state index contributed by atoms with van der Waals surface area (Å²) >= 11 is 0. The van der Waals surface area contributed by atoms with Crippen LogP contribution >= 0.6 is 0 Å². The lowest BCUT2D eigenvalue weighted by Crippen LogP contribution is -2.50. The molecule has 3 aliphatic rings. The minimum atomic E-state index is -1.86.